The van der Waals surface area contributed by atoms with Gasteiger partial charge in [-0.1, -0.05) is 13.8 Å². The molecule has 0 radical (unpaired) electrons. The fourth-order valence-electron chi connectivity index (χ4n) is 2.23. The number of hydrogen-bond acceptors (Lipinski definition) is 8. The highest BCUT2D eigenvalue weighted by molar-refractivity contribution is 6.01. The van der Waals surface area contributed by atoms with Crippen LogP contribution in [0.15, 0.2) is 30.0 Å². The van der Waals surface area contributed by atoms with Crippen LogP contribution in [0.4, 0.5) is 5.69 Å². The molecule has 154 valence electrons. The van der Waals surface area contributed by atoms with Gasteiger partial charge in [0, 0.05) is 6.20 Å². The maximum absolute atomic E-state index is 12.2. The third kappa shape index (κ3) is 6.07. The van der Waals surface area contributed by atoms with E-state index in [-0.39, 0.29) is 16.8 Å². The summed E-state index contributed by atoms with van der Waals surface area (Å²) in [6, 6.07) is 4.42. The molecular weight excluding hydrogens is 382 g/mol. The lowest BCUT2D eigenvalue weighted by Crippen LogP contribution is -2.44. The van der Waals surface area contributed by atoms with E-state index in [2.05, 4.69) is 20.1 Å². The average molecular weight is 403 g/mol. The largest absolute Gasteiger partial charge is 0.480 e. The predicted octanol–water partition coefficient (Wildman–Crippen LogP) is 1.30. The number of carbonyl (C=O) groups is 4. The second-order valence-electron chi connectivity index (χ2n) is 6.09. The number of carboxylic acid groups (broad SMARTS) is 1. The number of rotatable bonds is 8. The molecule has 0 aliphatic heterocycles. The molecule has 0 spiro atoms. The lowest BCUT2D eigenvalue weighted by Gasteiger charge is -2.17. The average Bonchev–Trinajstić information content (AvgIpc) is 2.70. The van der Waals surface area contributed by atoms with Crippen molar-refractivity contribution in [1.29, 1.82) is 5.26 Å². The number of benzene rings is 1. The van der Waals surface area contributed by atoms with Crippen LogP contribution in [-0.4, -0.2) is 49.2 Å². The number of anilines is 1. The number of nitriles is 1. The van der Waals surface area contributed by atoms with E-state index in [4.69, 9.17) is 5.11 Å². The van der Waals surface area contributed by atoms with Crippen molar-refractivity contribution in [2.24, 2.45) is 5.92 Å². The zero-order valence-electron chi connectivity index (χ0n) is 16.3. The van der Waals surface area contributed by atoms with Crippen LogP contribution in [0.1, 0.15) is 34.6 Å². The first-order valence-corrected chi connectivity index (χ1v) is 8.37. The van der Waals surface area contributed by atoms with Crippen LogP contribution in [-0.2, 0) is 19.1 Å². The number of carboxylic acids is 1. The van der Waals surface area contributed by atoms with E-state index in [1.807, 2.05) is 0 Å². The molecule has 10 heteroatoms. The molecule has 0 aromatic heterocycles. The van der Waals surface area contributed by atoms with Gasteiger partial charge in [0.1, 0.15) is 17.7 Å². The molecule has 0 saturated carbocycles. The zero-order valence-corrected chi connectivity index (χ0v) is 16.3. The Bertz CT molecular complexity index is 884. The molecule has 1 unspecified atom stereocenters. The van der Waals surface area contributed by atoms with E-state index in [1.165, 1.54) is 32.4 Å². The lowest BCUT2D eigenvalue weighted by atomic mass is 10.0. The summed E-state index contributed by atoms with van der Waals surface area (Å²) in [6.45, 7) is 3.21. The summed E-state index contributed by atoms with van der Waals surface area (Å²) >= 11 is 0. The topological polar surface area (TPSA) is 155 Å². The van der Waals surface area contributed by atoms with Gasteiger partial charge in [-0.15, -0.1) is 0 Å². The predicted molar refractivity (Wildman–Crippen MR) is 101 cm³/mol. The van der Waals surface area contributed by atoms with Crippen LogP contribution < -0.4 is 10.6 Å². The molecule has 0 bridgehead atoms. The highest BCUT2D eigenvalue weighted by Crippen LogP contribution is 2.20. The molecule has 0 aliphatic rings. The molecule has 0 heterocycles. The maximum Gasteiger partial charge on any atom is 0.339 e. The molecular formula is C19H21N3O7. The molecule has 1 aromatic carbocycles. The van der Waals surface area contributed by atoms with Gasteiger partial charge in [0.25, 0.3) is 5.91 Å². The number of ether oxygens (including phenoxy) is 2. The molecule has 29 heavy (non-hydrogen) atoms. The number of nitrogens with zero attached hydrogens (tertiary/aromatic N) is 1. The second-order valence-corrected chi connectivity index (χ2v) is 6.09. The van der Waals surface area contributed by atoms with Crippen molar-refractivity contribution in [1.82, 2.24) is 5.32 Å². The van der Waals surface area contributed by atoms with E-state index >= 15 is 0 Å². The Kier molecular flexibility index (Phi) is 8.36. The minimum absolute atomic E-state index is 0.0414. The van der Waals surface area contributed by atoms with Gasteiger partial charge in [0.05, 0.1) is 31.0 Å². The summed E-state index contributed by atoms with van der Waals surface area (Å²) in [4.78, 5) is 47.1. The van der Waals surface area contributed by atoms with Gasteiger partial charge in [0.2, 0.25) is 0 Å². The molecule has 1 rings (SSSR count). The number of methoxy groups -OCH3 is 2. The van der Waals surface area contributed by atoms with Crippen LogP contribution in [0, 0.1) is 17.2 Å². The molecule has 1 aromatic rings. The summed E-state index contributed by atoms with van der Waals surface area (Å²) < 4.78 is 9.29. The minimum atomic E-state index is -1.24. The van der Waals surface area contributed by atoms with Crippen molar-refractivity contribution >= 4 is 29.5 Å². The Hall–Kier alpha value is -3.87. The standard InChI is InChI=1S/C19H21N3O7/c1-10(2)15(17(24)25)22-16(23)12(8-20)9-21-14-7-11(18(26)28-3)5-6-13(14)19(27)29-4/h5-7,9-10,15,21H,1-4H3,(H,22,23)(H,24,25)/b12-9-. The molecule has 0 aliphatic carbocycles. The highest BCUT2D eigenvalue weighted by Gasteiger charge is 2.25. The first-order valence-electron chi connectivity index (χ1n) is 8.37. The molecule has 3 N–H and O–H groups in total. The lowest BCUT2D eigenvalue weighted by molar-refractivity contribution is -0.142. The highest BCUT2D eigenvalue weighted by atomic mass is 16.5. The van der Waals surface area contributed by atoms with Crippen molar-refractivity contribution in [3.05, 3.63) is 41.1 Å². The van der Waals surface area contributed by atoms with Crippen molar-refractivity contribution in [2.45, 2.75) is 19.9 Å². The summed E-state index contributed by atoms with van der Waals surface area (Å²) in [5.74, 6) is -3.94. The number of aliphatic carboxylic acids is 1. The summed E-state index contributed by atoms with van der Waals surface area (Å²) in [6.07, 6.45) is 0.997. The number of nitrogens with one attached hydrogen (secondary N) is 2. The number of carbonyl (C=O) groups excluding carboxylic acids is 3. The Morgan fingerprint density at radius 3 is 2.24 bits per heavy atom. The van der Waals surface area contributed by atoms with Crippen LogP contribution in [0.5, 0.6) is 0 Å². The van der Waals surface area contributed by atoms with Crippen molar-refractivity contribution in [3.63, 3.8) is 0 Å². The van der Waals surface area contributed by atoms with Crippen LogP contribution >= 0.6 is 0 Å². The van der Waals surface area contributed by atoms with Gasteiger partial charge in [0.15, 0.2) is 0 Å². The van der Waals surface area contributed by atoms with Crippen LogP contribution in [0.2, 0.25) is 0 Å². The van der Waals surface area contributed by atoms with Gasteiger partial charge in [-0.2, -0.15) is 5.26 Å². The normalized spacial score (nSPS) is 11.8. The summed E-state index contributed by atoms with van der Waals surface area (Å²) in [7, 11) is 2.36. The van der Waals surface area contributed by atoms with E-state index in [9.17, 15) is 24.4 Å². The fourth-order valence-corrected chi connectivity index (χ4v) is 2.23. The Morgan fingerprint density at radius 1 is 1.14 bits per heavy atom. The first-order chi connectivity index (χ1) is 13.7. The van der Waals surface area contributed by atoms with E-state index in [0.29, 0.717) is 0 Å². The quantitative estimate of drug-likeness (QED) is 0.331. The third-order valence-electron chi connectivity index (χ3n) is 3.80. The smallest absolute Gasteiger partial charge is 0.339 e. The van der Waals surface area contributed by atoms with Gasteiger partial charge in [-0.05, 0) is 24.1 Å². The van der Waals surface area contributed by atoms with E-state index in [1.54, 1.807) is 19.9 Å². The Morgan fingerprint density at radius 2 is 1.76 bits per heavy atom. The number of hydrogen-bond donors (Lipinski definition) is 3. The molecule has 1 amide bonds. The minimum Gasteiger partial charge on any atom is -0.480 e. The third-order valence-corrected chi connectivity index (χ3v) is 3.80. The monoisotopic (exact) mass is 403 g/mol. The van der Waals surface area contributed by atoms with Gasteiger partial charge in [-0.25, -0.2) is 14.4 Å². The van der Waals surface area contributed by atoms with Crippen molar-refractivity contribution in [3.8, 4) is 6.07 Å². The molecule has 1 atom stereocenters. The van der Waals surface area contributed by atoms with E-state index in [0.717, 1.165) is 6.20 Å². The Balaban J connectivity index is 3.21. The SMILES string of the molecule is COC(=O)c1ccc(C(=O)OC)c(N/C=C(/C#N)C(=O)NC(C(=O)O)C(C)C)c1. The van der Waals surface area contributed by atoms with Gasteiger partial charge < -0.3 is 25.2 Å². The maximum atomic E-state index is 12.2. The van der Waals surface area contributed by atoms with Crippen LogP contribution in [0.3, 0.4) is 0 Å². The molecule has 0 fully saturated rings. The summed E-state index contributed by atoms with van der Waals surface area (Å²) in [5, 5.41) is 23.3. The van der Waals surface area contributed by atoms with Crippen molar-refractivity contribution in [2.75, 3.05) is 19.5 Å². The van der Waals surface area contributed by atoms with Crippen molar-refractivity contribution < 1.29 is 33.8 Å². The second kappa shape index (κ2) is 10.5. The molecule has 0 saturated heterocycles. The van der Waals surface area contributed by atoms with Gasteiger partial charge >= 0.3 is 17.9 Å². The zero-order chi connectivity index (χ0) is 22.1. The summed E-state index contributed by atoms with van der Waals surface area (Å²) in [5.41, 5.74) is -0.195. The number of amides is 1. The number of esters is 2. The van der Waals surface area contributed by atoms with Gasteiger partial charge in [-0.3, -0.25) is 4.79 Å². The van der Waals surface area contributed by atoms with Crippen LogP contribution in [0.25, 0.3) is 0 Å². The first kappa shape index (κ1) is 23.2. The molecule has 10 nitrogen and oxygen atoms in total. The Labute approximate surface area is 167 Å². The van der Waals surface area contributed by atoms with E-state index < -0.39 is 41.3 Å². The fraction of sp³-hybridized carbons (Fsp3) is 0.316.